The van der Waals surface area contributed by atoms with E-state index in [0.29, 0.717) is 12.5 Å². The average Bonchev–Trinajstić information content (AvgIpc) is 2.34. The molecule has 0 bridgehead atoms. The van der Waals surface area contributed by atoms with Crippen molar-refractivity contribution in [3.05, 3.63) is 59.7 Å². The number of halogens is 2. The van der Waals surface area contributed by atoms with Crippen molar-refractivity contribution in [2.24, 2.45) is 5.92 Å². The fourth-order valence-electron chi connectivity index (χ4n) is 1.79. The van der Waals surface area contributed by atoms with Crippen LogP contribution in [-0.4, -0.2) is 6.54 Å². The number of benzene rings is 1. The van der Waals surface area contributed by atoms with Crippen LogP contribution in [0.3, 0.4) is 0 Å². The van der Waals surface area contributed by atoms with Crippen molar-refractivity contribution < 1.29 is 8.78 Å². The fraction of sp³-hybridized carbons (Fsp3) is 0.286. The van der Waals surface area contributed by atoms with Gasteiger partial charge in [-0.2, -0.15) is 0 Å². The summed E-state index contributed by atoms with van der Waals surface area (Å²) in [4.78, 5) is 0. The van der Waals surface area contributed by atoms with Crippen LogP contribution in [0, 0.1) is 11.7 Å². The summed E-state index contributed by atoms with van der Waals surface area (Å²) in [6.45, 7) is 1.51. The molecule has 0 saturated heterocycles. The summed E-state index contributed by atoms with van der Waals surface area (Å²) in [5.74, 6) is -0.0284. The molecule has 0 heterocycles. The van der Waals surface area contributed by atoms with Crippen LogP contribution in [-0.2, 0) is 6.54 Å². The first-order valence-corrected chi connectivity index (χ1v) is 5.73. The van der Waals surface area contributed by atoms with Crippen molar-refractivity contribution >= 4 is 0 Å². The minimum atomic E-state index is -0.218. The summed E-state index contributed by atoms with van der Waals surface area (Å²) in [5, 5.41) is 3.28. The molecular weight excluding hydrogens is 220 g/mol. The zero-order chi connectivity index (χ0) is 12.1. The van der Waals surface area contributed by atoms with Crippen LogP contribution in [0.5, 0.6) is 0 Å². The molecule has 0 amide bonds. The lowest BCUT2D eigenvalue weighted by Gasteiger charge is -2.14. The molecule has 1 aliphatic rings. The van der Waals surface area contributed by atoms with Gasteiger partial charge in [-0.3, -0.25) is 0 Å². The second kappa shape index (κ2) is 5.73. The Kier molecular flexibility index (Phi) is 4.04. The molecular formula is C14H15F2N. The van der Waals surface area contributed by atoms with Crippen molar-refractivity contribution in [1.29, 1.82) is 0 Å². The van der Waals surface area contributed by atoms with Gasteiger partial charge in [0.25, 0.3) is 0 Å². The molecule has 0 spiro atoms. The zero-order valence-corrected chi connectivity index (χ0v) is 9.50. The number of allylic oxidation sites excluding steroid dienone is 3. The second-order valence-corrected chi connectivity index (χ2v) is 4.20. The maximum absolute atomic E-state index is 12.7. The van der Waals surface area contributed by atoms with Crippen molar-refractivity contribution in [1.82, 2.24) is 5.32 Å². The standard InChI is InChI=1S/C14H15F2N/c15-13-5-1-11(2-6-13)9-17-10-12-3-7-14(16)8-4-12/h1-3,5-8,12,17H,4,9-10H2/t12-/m0/s1. The lowest BCUT2D eigenvalue weighted by molar-refractivity contribution is 0.541. The number of rotatable bonds is 4. The molecule has 2 rings (SSSR count). The summed E-state index contributed by atoms with van der Waals surface area (Å²) in [6, 6.07) is 6.43. The van der Waals surface area contributed by atoms with Crippen LogP contribution in [0.1, 0.15) is 12.0 Å². The summed E-state index contributed by atoms with van der Waals surface area (Å²) < 4.78 is 25.4. The first-order chi connectivity index (χ1) is 8.24. The minimum Gasteiger partial charge on any atom is -0.312 e. The zero-order valence-electron chi connectivity index (χ0n) is 9.50. The molecule has 3 heteroatoms. The molecule has 1 aromatic rings. The molecule has 1 nitrogen and oxygen atoms in total. The Morgan fingerprint density at radius 1 is 1.18 bits per heavy atom. The highest BCUT2D eigenvalue weighted by Gasteiger charge is 2.07. The van der Waals surface area contributed by atoms with E-state index in [1.54, 1.807) is 18.2 Å². The molecule has 0 unspecified atom stereocenters. The van der Waals surface area contributed by atoms with Crippen molar-refractivity contribution in [3.63, 3.8) is 0 Å². The molecule has 17 heavy (non-hydrogen) atoms. The summed E-state index contributed by atoms with van der Waals surface area (Å²) in [5.41, 5.74) is 1.05. The van der Waals surface area contributed by atoms with Gasteiger partial charge >= 0.3 is 0 Å². The van der Waals surface area contributed by atoms with Gasteiger partial charge < -0.3 is 5.32 Å². The van der Waals surface area contributed by atoms with E-state index in [1.165, 1.54) is 18.2 Å². The van der Waals surface area contributed by atoms with Gasteiger partial charge in [-0.25, -0.2) is 8.78 Å². The van der Waals surface area contributed by atoms with E-state index in [4.69, 9.17) is 0 Å². The van der Waals surface area contributed by atoms with Gasteiger partial charge in [-0.05, 0) is 42.2 Å². The largest absolute Gasteiger partial charge is 0.312 e. The molecule has 1 atom stereocenters. The molecule has 0 saturated carbocycles. The van der Waals surface area contributed by atoms with Gasteiger partial charge in [-0.15, -0.1) is 0 Å². The third kappa shape index (κ3) is 3.79. The Bertz CT molecular complexity index is 420. The maximum Gasteiger partial charge on any atom is 0.123 e. The van der Waals surface area contributed by atoms with E-state index in [1.807, 2.05) is 6.08 Å². The van der Waals surface area contributed by atoms with E-state index in [9.17, 15) is 8.78 Å². The molecule has 1 aromatic carbocycles. The van der Waals surface area contributed by atoms with E-state index < -0.39 is 0 Å². The third-order valence-electron chi connectivity index (χ3n) is 2.79. The van der Waals surface area contributed by atoms with E-state index >= 15 is 0 Å². The van der Waals surface area contributed by atoms with Crippen LogP contribution in [0.4, 0.5) is 8.78 Å². The summed E-state index contributed by atoms with van der Waals surface area (Å²) in [7, 11) is 0. The highest BCUT2D eigenvalue weighted by molar-refractivity contribution is 5.18. The second-order valence-electron chi connectivity index (χ2n) is 4.20. The van der Waals surface area contributed by atoms with Crippen molar-refractivity contribution in [2.75, 3.05) is 6.54 Å². The lowest BCUT2D eigenvalue weighted by Crippen LogP contribution is -2.21. The van der Waals surface area contributed by atoms with Crippen molar-refractivity contribution in [2.45, 2.75) is 13.0 Å². The van der Waals surface area contributed by atoms with Crippen LogP contribution >= 0.6 is 0 Å². The Morgan fingerprint density at radius 3 is 2.59 bits per heavy atom. The summed E-state index contributed by atoms with van der Waals surface area (Å²) >= 11 is 0. The number of hydrogen-bond donors (Lipinski definition) is 1. The first-order valence-electron chi connectivity index (χ1n) is 5.73. The highest BCUT2D eigenvalue weighted by Crippen LogP contribution is 2.16. The average molecular weight is 235 g/mol. The molecule has 0 radical (unpaired) electrons. The number of hydrogen-bond acceptors (Lipinski definition) is 1. The highest BCUT2D eigenvalue weighted by atomic mass is 19.1. The predicted molar refractivity (Wildman–Crippen MR) is 64.5 cm³/mol. The Hall–Kier alpha value is -1.48. The SMILES string of the molecule is FC1=CC[C@@H](CNCc2ccc(F)cc2)C=C1. The lowest BCUT2D eigenvalue weighted by atomic mass is 10.0. The predicted octanol–water partition coefficient (Wildman–Crippen LogP) is 3.34. The van der Waals surface area contributed by atoms with Gasteiger partial charge in [0, 0.05) is 13.1 Å². The summed E-state index contributed by atoms with van der Waals surface area (Å²) in [6.07, 6.45) is 5.73. The molecule has 0 aliphatic heterocycles. The minimum absolute atomic E-state index is 0.153. The maximum atomic E-state index is 12.7. The van der Waals surface area contributed by atoms with Crippen LogP contribution in [0.25, 0.3) is 0 Å². The first kappa shape index (κ1) is 12.0. The Morgan fingerprint density at radius 2 is 1.94 bits per heavy atom. The van der Waals surface area contributed by atoms with Crippen molar-refractivity contribution in [3.8, 4) is 0 Å². The quantitative estimate of drug-likeness (QED) is 0.844. The van der Waals surface area contributed by atoms with Gasteiger partial charge in [0.05, 0.1) is 0 Å². The monoisotopic (exact) mass is 235 g/mol. The Labute approximate surface area is 99.8 Å². The molecule has 1 N–H and O–H groups in total. The van der Waals surface area contributed by atoms with E-state index in [2.05, 4.69) is 5.32 Å². The van der Waals surface area contributed by atoms with Gasteiger partial charge in [0.2, 0.25) is 0 Å². The molecule has 90 valence electrons. The molecule has 0 fully saturated rings. The van der Waals surface area contributed by atoms with Gasteiger partial charge in [0.15, 0.2) is 0 Å². The van der Waals surface area contributed by atoms with E-state index in [0.717, 1.165) is 18.5 Å². The van der Waals surface area contributed by atoms with Crippen LogP contribution in [0.15, 0.2) is 48.3 Å². The molecule has 0 aromatic heterocycles. The van der Waals surface area contributed by atoms with Crippen LogP contribution in [0.2, 0.25) is 0 Å². The number of nitrogens with one attached hydrogen (secondary N) is 1. The molecule has 1 aliphatic carbocycles. The van der Waals surface area contributed by atoms with Gasteiger partial charge in [-0.1, -0.05) is 18.2 Å². The smallest absolute Gasteiger partial charge is 0.123 e. The normalized spacial score (nSPS) is 19.2. The van der Waals surface area contributed by atoms with Crippen LogP contribution < -0.4 is 5.32 Å². The van der Waals surface area contributed by atoms with E-state index in [-0.39, 0.29) is 11.6 Å². The topological polar surface area (TPSA) is 12.0 Å². The Balaban J connectivity index is 1.73. The van der Waals surface area contributed by atoms with Gasteiger partial charge in [0.1, 0.15) is 11.6 Å². The fourth-order valence-corrected chi connectivity index (χ4v) is 1.79. The third-order valence-corrected chi connectivity index (χ3v) is 2.79.